The smallest absolute Gasteiger partial charge is 0.265 e. The number of nitrogens with two attached hydrogens (primary N) is 1. The standard InChI is InChI=1S/C14H20ClN3O/c1-9-4-3-5-10(2)18(9)17-14(19)11-6-7-13(16)12(15)8-11/h6-10H,3-5,16H2,1-2H3,(H,17,19). The van der Waals surface area contributed by atoms with Gasteiger partial charge in [-0.25, -0.2) is 5.01 Å². The van der Waals surface area contributed by atoms with E-state index in [2.05, 4.69) is 19.3 Å². The van der Waals surface area contributed by atoms with Gasteiger partial charge in [-0.15, -0.1) is 0 Å². The second kappa shape index (κ2) is 5.80. The monoisotopic (exact) mass is 281 g/mol. The van der Waals surface area contributed by atoms with Crippen LogP contribution in [0.4, 0.5) is 5.69 Å². The zero-order valence-electron chi connectivity index (χ0n) is 11.3. The first-order chi connectivity index (χ1) is 8.99. The molecule has 1 aromatic rings. The van der Waals surface area contributed by atoms with Gasteiger partial charge in [-0.2, -0.15) is 0 Å². The number of carbonyl (C=O) groups is 1. The third kappa shape index (κ3) is 3.19. The number of nitrogens with one attached hydrogen (secondary N) is 1. The van der Waals surface area contributed by atoms with Crippen LogP contribution in [-0.4, -0.2) is 23.0 Å². The number of anilines is 1. The molecule has 5 heteroatoms. The van der Waals surface area contributed by atoms with Gasteiger partial charge in [0.2, 0.25) is 0 Å². The molecule has 1 amide bonds. The summed E-state index contributed by atoms with van der Waals surface area (Å²) < 4.78 is 0. The number of nitrogen functional groups attached to an aromatic ring is 1. The minimum Gasteiger partial charge on any atom is -0.398 e. The molecule has 1 aliphatic heterocycles. The SMILES string of the molecule is CC1CCCC(C)N1NC(=O)c1ccc(N)c(Cl)c1. The molecule has 2 rings (SSSR count). The van der Waals surface area contributed by atoms with Gasteiger partial charge in [0.25, 0.3) is 5.91 Å². The highest BCUT2D eigenvalue weighted by Gasteiger charge is 2.26. The van der Waals surface area contributed by atoms with Gasteiger partial charge in [0.1, 0.15) is 0 Å². The molecule has 104 valence electrons. The Kier molecular flexibility index (Phi) is 4.32. The molecule has 1 saturated heterocycles. The molecule has 1 aromatic carbocycles. The molecule has 0 aliphatic carbocycles. The van der Waals surface area contributed by atoms with E-state index in [0.717, 1.165) is 12.8 Å². The van der Waals surface area contributed by atoms with Crippen molar-refractivity contribution in [2.45, 2.75) is 45.2 Å². The predicted molar refractivity (Wildman–Crippen MR) is 77.9 cm³/mol. The number of nitrogens with zero attached hydrogens (tertiary/aromatic N) is 1. The summed E-state index contributed by atoms with van der Waals surface area (Å²) in [5.74, 6) is -0.137. The quantitative estimate of drug-likeness (QED) is 0.820. The number of carbonyl (C=O) groups excluding carboxylic acids is 1. The van der Waals surface area contributed by atoms with Crippen LogP contribution in [0, 0.1) is 0 Å². The number of hydrogen-bond donors (Lipinski definition) is 2. The molecule has 3 N–H and O–H groups in total. The lowest BCUT2D eigenvalue weighted by Gasteiger charge is -2.38. The summed E-state index contributed by atoms with van der Waals surface area (Å²) in [5.41, 5.74) is 9.64. The van der Waals surface area contributed by atoms with Gasteiger partial charge in [0.15, 0.2) is 0 Å². The molecule has 2 atom stereocenters. The fourth-order valence-electron chi connectivity index (χ4n) is 2.49. The first-order valence-electron chi connectivity index (χ1n) is 6.63. The number of piperidine rings is 1. The Morgan fingerprint density at radius 1 is 1.37 bits per heavy atom. The third-order valence-electron chi connectivity index (χ3n) is 3.69. The molecule has 0 spiro atoms. The minimum atomic E-state index is -0.137. The Labute approximate surface area is 118 Å². The van der Waals surface area contributed by atoms with E-state index < -0.39 is 0 Å². The van der Waals surface area contributed by atoms with Crippen LogP contribution in [0.2, 0.25) is 5.02 Å². The number of hydrogen-bond acceptors (Lipinski definition) is 3. The third-order valence-corrected chi connectivity index (χ3v) is 4.01. The average Bonchev–Trinajstić information content (AvgIpc) is 2.37. The molecule has 19 heavy (non-hydrogen) atoms. The van der Waals surface area contributed by atoms with Crippen molar-refractivity contribution in [3.05, 3.63) is 28.8 Å². The Morgan fingerprint density at radius 3 is 2.58 bits per heavy atom. The summed E-state index contributed by atoms with van der Waals surface area (Å²) in [6.07, 6.45) is 3.42. The highest BCUT2D eigenvalue weighted by molar-refractivity contribution is 6.33. The van der Waals surface area contributed by atoms with Crippen LogP contribution in [0.15, 0.2) is 18.2 Å². The topological polar surface area (TPSA) is 58.4 Å². The van der Waals surface area contributed by atoms with Crippen LogP contribution < -0.4 is 11.2 Å². The van der Waals surface area contributed by atoms with Crippen LogP contribution in [-0.2, 0) is 0 Å². The van der Waals surface area contributed by atoms with Crippen molar-refractivity contribution < 1.29 is 4.79 Å². The maximum absolute atomic E-state index is 12.2. The van der Waals surface area contributed by atoms with Gasteiger partial charge in [0.05, 0.1) is 10.7 Å². The highest BCUT2D eigenvalue weighted by atomic mass is 35.5. The molecule has 0 radical (unpaired) electrons. The number of halogens is 1. The van der Waals surface area contributed by atoms with Gasteiger partial charge < -0.3 is 5.73 Å². The predicted octanol–water partition coefficient (Wildman–Crippen LogP) is 2.83. The zero-order valence-corrected chi connectivity index (χ0v) is 12.1. The van der Waals surface area contributed by atoms with E-state index in [4.69, 9.17) is 17.3 Å². The van der Waals surface area contributed by atoms with E-state index in [1.807, 2.05) is 5.01 Å². The molecule has 0 saturated carbocycles. The Balaban J connectivity index is 2.09. The molecule has 1 heterocycles. The molecule has 4 nitrogen and oxygen atoms in total. The van der Waals surface area contributed by atoms with E-state index in [1.165, 1.54) is 6.42 Å². The van der Waals surface area contributed by atoms with E-state index in [0.29, 0.717) is 28.4 Å². The highest BCUT2D eigenvalue weighted by Crippen LogP contribution is 2.22. The summed E-state index contributed by atoms with van der Waals surface area (Å²) in [6.45, 7) is 4.26. The molecular weight excluding hydrogens is 262 g/mol. The fraction of sp³-hybridized carbons (Fsp3) is 0.500. The van der Waals surface area contributed by atoms with Crippen molar-refractivity contribution >= 4 is 23.2 Å². The van der Waals surface area contributed by atoms with Gasteiger partial charge >= 0.3 is 0 Å². The zero-order chi connectivity index (χ0) is 14.0. The molecule has 0 aromatic heterocycles. The summed E-state index contributed by atoms with van der Waals surface area (Å²) in [5, 5.41) is 2.45. The molecule has 1 fully saturated rings. The van der Waals surface area contributed by atoms with Gasteiger partial charge in [0, 0.05) is 17.6 Å². The van der Waals surface area contributed by atoms with Crippen molar-refractivity contribution in [3.63, 3.8) is 0 Å². The van der Waals surface area contributed by atoms with E-state index >= 15 is 0 Å². The number of amides is 1. The maximum atomic E-state index is 12.2. The first kappa shape index (κ1) is 14.2. The van der Waals surface area contributed by atoms with Crippen LogP contribution in [0.1, 0.15) is 43.5 Å². The molecule has 2 unspecified atom stereocenters. The Morgan fingerprint density at radius 2 is 2.00 bits per heavy atom. The maximum Gasteiger partial charge on any atom is 0.265 e. The first-order valence-corrected chi connectivity index (χ1v) is 7.01. The molecule has 0 bridgehead atoms. The number of benzene rings is 1. The lowest BCUT2D eigenvalue weighted by molar-refractivity contribution is 0.0370. The average molecular weight is 282 g/mol. The normalized spacial score (nSPS) is 24.2. The largest absolute Gasteiger partial charge is 0.398 e. The van der Waals surface area contributed by atoms with Crippen molar-refractivity contribution in [3.8, 4) is 0 Å². The summed E-state index contributed by atoms with van der Waals surface area (Å²) in [7, 11) is 0. The van der Waals surface area contributed by atoms with Crippen molar-refractivity contribution in [1.29, 1.82) is 0 Å². The van der Waals surface area contributed by atoms with Crippen molar-refractivity contribution in [2.75, 3.05) is 5.73 Å². The van der Waals surface area contributed by atoms with Gasteiger partial charge in [-0.05, 0) is 44.9 Å². The van der Waals surface area contributed by atoms with Crippen LogP contribution in [0.25, 0.3) is 0 Å². The van der Waals surface area contributed by atoms with Gasteiger partial charge in [-0.3, -0.25) is 10.2 Å². The van der Waals surface area contributed by atoms with Crippen LogP contribution in [0.3, 0.4) is 0 Å². The Hall–Kier alpha value is -1.26. The van der Waals surface area contributed by atoms with Gasteiger partial charge in [-0.1, -0.05) is 18.0 Å². The van der Waals surface area contributed by atoms with E-state index in [9.17, 15) is 4.79 Å². The molecular formula is C14H20ClN3O. The lowest BCUT2D eigenvalue weighted by Crippen LogP contribution is -2.54. The lowest BCUT2D eigenvalue weighted by atomic mass is 10.00. The number of rotatable bonds is 2. The minimum absolute atomic E-state index is 0.137. The molecule has 1 aliphatic rings. The van der Waals surface area contributed by atoms with Crippen molar-refractivity contribution in [2.24, 2.45) is 0 Å². The summed E-state index contributed by atoms with van der Waals surface area (Å²) in [6, 6.07) is 5.66. The van der Waals surface area contributed by atoms with Crippen molar-refractivity contribution in [1.82, 2.24) is 10.4 Å². The second-order valence-corrected chi connectivity index (χ2v) is 5.62. The van der Waals surface area contributed by atoms with E-state index in [1.54, 1.807) is 18.2 Å². The fourth-order valence-corrected chi connectivity index (χ4v) is 2.67. The van der Waals surface area contributed by atoms with Crippen LogP contribution in [0.5, 0.6) is 0 Å². The summed E-state index contributed by atoms with van der Waals surface area (Å²) >= 11 is 5.94. The number of hydrazine groups is 1. The summed E-state index contributed by atoms with van der Waals surface area (Å²) in [4.78, 5) is 12.2. The van der Waals surface area contributed by atoms with Crippen LogP contribution >= 0.6 is 11.6 Å². The second-order valence-electron chi connectivity index (χ2n) is 5.21. The Bertz CT molecular complexity index is 468. The van der Waals surface area contributed by atoms with E-state index in [-0.39, 0.29) is 5.91 Å².